The van der Waals surface area contributed by atoms with E-state index in [0.29, 0.717) is 23.9 Å². The van der Waals surface area contributed by atoms with Crippen molar-refractivity contribution in [3.63, 3.8) is 0 Å². The number of nitrogens with zero attached hydrogens (tertiary/aromatic N) is 1. The Bertz CT molecular complexity index is 1720. The van der Waals surface area contributed by atoms with Gasteiger partial charge in [-0.05, 0) is 96.0 Å². The van der Waals surface area contributed by atoms with E-state index < -0.39 is 20.0 Å². The molecule has 528 valence electrons. The highest BCUT2D eigenvalue weighted by Gasteiger charge is 2.30. The molecule has 90 heavy (non-hydrogen) atoms. The molecule has 2 N–H and O–H groups in total. The lowest BCUT2D eigenvalue weighted by molar-refractivity contribution is -0.870. The van der Waals surface area contributed by atoms with Gasteiger partial charge in [-0.25, -0.2) is 4.57 Å². The molecular weight excluding hydrogens is 1130 g/mol. The first-order chi connectivity index (χ1) is 43.9. The van der Waals surface area contributed by atoms with Gasteiger partial charge in [-0.3, -0.25) is 18.6 Å². The van der Waals surface area contributed by atoms with E-state index in [-0.39, 0.29) is 25.1 Å². The van der Waals surface area contributed by atoms with E-state index in [1.165, 1.54) is 283 Å². The molecule has 0 saturated heterocycles. The molecule has 0 radical (unpaired) electrons. The number of allylic oxidation sites excluding steroid dienone is 9. The Kier molecular flexibility index (Phi) is 67.8. The number of hydrogen-bond acceptors (Lipinski definition) is 6. The zero-order valence-electron chi connectivity index (χ0n) is 60.6. The second-order valence-electron chi connectivity index (χ2n) is 27.9. The normalized spacial score (nSPS) is 13.7. The monoisotopic (exact) mass is 1280 g/mol. The van der Waals surface area contributed by atoms with Crippen molar-refractivity contribution in [3.05, 3.63) is 60.8 Å². The summed E-state index contributed by atoms with van der Waals surface area (Å²) in [6.07, 6.45) is 91.1. The van der Waals surface area contributed by atoms with Gasteiger partial charge in [0.1, 0.15) is 19.3 Å². The summed E-state index contributed by atoms with van der Waals surface area (Å²) in [4.78, 5) is 38.0. The van der Waals surface area contributed by atoms with Crippen LogP contribution in [0.1, 0.15) is 387 Å². The van der Waals surface area contributed by atoms with Gasteiger partial charge in [0.15, 0.2) is 0 Å². The average molecular weight is 1290 g/mol. The first-order valence-electron chi connectivity index (χ1n) is 39.1. The number of phosphoric acid groups is 1. The second-order valence-corrected chi connectivity index (χ2v) is 29.3. The lowest BCUT2D eigenvalue weighted by Gasteiger charge is -2.27. The summed E-state index contributed by atoms with van der Waals surface area (Å²) in [7, 11) is 1.51. The van der Waals surface area contributed by atoms with Gasteiger partial charge in [-0.1, -0.05) is 339 Å². The number of rotatable bonds is 72. The van der Waals surface area contributed by atoms with Crippen molar-refractivity contribution in [2.45, 2.75) is 399 Å². The predicted octanol–water partition coefficient (Wildman–Crippen LogP) is 25.3. The quantitative estimate of drug-likeness (QED) is 0.0205. The van der Waals surface area contributed by atoms with Crippen LogP contribution < -0.4 is 5.32 Å². The van der Waals surface area contributed by atoms with Crippen LogP contribution in [0.15, 0.2) is 60.8 Å². The smallest absolute Gasteiger partial charge is 0.456 e. The molecule has 0 aromatic heterocycles. The largest absolute Gasteiger partial charge is 0.472 e. The predicted molar refractivity (Wildman–Crippen MR) is 392 cm³/mol. The third-order valence-electron chi connectivity index (χ3n) is 17.7. The van der Waals surface area contributed by atoms with Gasteiger partial charge < -0.3 is 19.4 Å². The lowest BCUT2D eigenvalue weighted by atomic mass is 10.0. The summed E-state index contributed by atoms with van der Waals surface area (Å²) in [5, 5.41) is 3.08. The fraction of sp³-hybridized carbons (Fsp3) is 0.850. The maximum Gasteiger partial charge on any atom is 0.472 e. The molecule has 0 saturated carbocycles. The number of esters is 1. The molecule has 0 spiro atoms. The first-order valence-corrected chi connectivity index (χ1v) is 40.6. The van der Waals surface area contributed by atoms with Crippen LogP contribution in [0.3, 0.4) is 0 Å². The number of amides is 1. The van der Waals surface area contributed by atoms with E-state index in [4.69, 9.17) is 13.8 Å². The van der Waals surface area contributed by atoms with Gasteiger partial charge in [-0.15, -0.1) is 0 Å². The van der Waals surface area contributed by atoms with Gasteiger partial charge in [-0.2, -0.15) is 0 Å². The molecule has 0 bridgehead atoms. The summed E-state index contributed by atoms with van der Waals surface area (Å²) in [5.74, 6) is -0.489. The van der Waals surface area contributed by atoms with Gasteiger partial charge in [0.25, 0.3) is 0 Å². The molecule has 1 amide bonds. The highest BCUT2D eigenvalue weighted by Crippen LogP contribution is 2.43. The number of nitrogens with one attached hydrogen (secondary N) is 1. The minimum absolute atomic E-state index is 0.0408. The molecule has 0 fully saturated rings. The minimum atomic E-state index is -4.46. The summed E-state index contributed by atoms with van der Waals surface area (Å²) in [5.41, 5.74) is 0. The molecule has 10 heteroatoms. The van der Waals surface area contributed by atoms with E-state index in [1.807, 2.05) is 27.2 Å². The molecule has 0 aromatic rings. The van der Waals surface area contributed by atoms with Gasteiger partial charge in [0.2, 0.25) is 5.91 Å². The minimum Gasteiger partial charge on any atom is -0.456 e. The Morgan fingerprint density at radius 2 is 0.678 bits per heavy atom. The Hall–Kier alpha value is -2.29. The van der Waals surface area contributed by atoms with Crippen LogP contribution in [-0.2, 0) is 27.9 Å². The average Bonchev–Trinajstić information content (AvgIpc) is 3.11. The Balaban J connectivity index is 4.93. The van der Waals surface area contributed by atoms with Gasteiger partial charge in [0, 0.05) is 12.8 Å². The maximum absolute atomic E-state index is 13.7. The maximum atomic E-state index is 13.7. The zero-order chi connectivity index (χ0) is 65.6. The number of carbonyl (C=O) groups is 2. The van der Waals surface area contributed by atoms with Crippen molar-refractivity contribution >= 4 is 19.7 Å². The lowest BCUT2D eigenvalue weighted by Crippen LogP contribution is -2.47. The highest BCUT2D eigenvalue weighted by atomic mass is 31.2. The Morgan fingerprint density at radius 1 is 0.389 bits per heavy atom. The van der Waals surface area contributed by atoms with Crippen molar-refractivity contribution in [2.75, 3.05) is 40.9 Å². The fourth-order valence-corrected chi connectivity index (χ4v) is 12.4. The molecule has 9 nitrogen and oxygen atoms in total. The third-order valence-corrected chi connectivity index (χ3v) is 18.7. The molecular formula is C80H152N2O7P+. The fourth-order valence-electron chi connectivity index (χ4n) is 11.7. The molecule has 0 aromatic carbocycles. The SMILES string of the molecule is CCCCC/C=C\C/C=C\C/C=C\CCCCCCCCCCCCCCC(=O)NC(COP(=O)(O)OCC[N+](C)(C)C)C(/C=C/CCCCCCCCCCCC)OC(=O)CCCCCCCCCCCCCCCCCCC/C=C/CCCCCCCC. The zero-order valence-corrected chi connectivity index (χ0v) is 61.5. The van der Waals surface area contributed by atoms with Crippen molar-refractivity contribution in [3.8, 4) is 0 Å². The summed E-state index contributed by atoms with van der Waals surface area (Å²) >= 11 is 0. The number of carbonyl (C=O) groups excluding carboxylic acids is 2. The van der Waals surface area contributed by atoms with Crippen molar-refractivity contribution in [1.29, 1.82) is 0 Å². The molecule has 0 heterocycles. The van der Waals surface area contributed by atoms with E-state index in [1.54, 1.807) is 0 Å². The summed E-state index contributed by atoms with van der Waals surface area (Å²) in [6, 6.07) is -0.850. The van der Waals surface area contributed by atoms with Crippen molar-refractivity contribution < 1.29 is 37.3 Å². The molecule has 3 unspecified atom stereocenters. The Morgan fingerprint density at radius 3 is 1.04 bits per heavy atom. The number of ether oxygens (including phenoxy) is 1. The number of likely N-dealkylation sites (N-methyl/N-ethyl adjacent to an activating group) is 1. The van der Waals surface area contributed by atoms with Crippen LogP contribution in [0.5, 0.6) is 0 Å². The highest BCUT2D eigenvalue weighted by molar-refractivity contribution is 7.47. The van der Waals surface area contributed by atoms with E-state index >= 15 is 0 Å². The number of unbranched alkanes of at least 4 members (excludes halogenated alkanes) is 48. The van der Waals surface area contributed by atoms with Crippen molar-refractivity contribution in [1.82, 2.24) is 5.32 Å². The topological polar surface area (TPSA) is 111 Å². The van der Waals surface area contributed by atoms with Crippen LogP contribution in [0.25, 0.3) is 0 Å². The third kappa shape index (κ3) is 70.0. The van der Waals surface area contributed by atoms with Crippen LogP contribution >= 0.6 is 7.82 Å². The summed E-state index contributed by atoms with van der Waals surface area (Å²) in [6.45, 7) is 7.04. The van der Waals surface area contributed by atoms with E-state index in [0.717, 1.165) is 70.6 Å². The molecule has 3 atom stereocenters. The van der Waals surface area contributed by atoms with Crippen LogP contribution in [0.2, 0.25) is 0 Å². The van der Waals surface area contributed by atoms with Crippen LogP contribution in [-0.4, -0.2) is 74.3 Å². The molecule has 0 rings (SSSR count). The first kappa shape index (κ1) is 87.7. The van der Waals surface area contributed by atoms with Crippen LogP contribution in [0.4, 0.5) is 0 Å². The van der Waals surface area contributed by atoms with Crippen LogP contribution in [0, 0.1) is 0 Å². The van der Waals surface area contributed by atoms with E-state index in [9.17, 15) is 19.0 Å². The second kappa shape index (κ2) is 69.5. The summed E-state index contributed by atoms with van der Waals surface area (Å²) < 4.78 is 30.9. The number of quaternary nitrogens is 1. The number of hydrogen-bond donors (Lipinski definition) is 2. The Labute approximate surface area is 560 Å². The molecule has 0 aliphatic rings. The van der Waals surface area contributed by atoms with Gasteiger partial charge >= 0.3 is 13.8 Å². The van der Waals surface area contributed by atoms with E-state index in [2.05, 4.69) is 80.8 Å². The standard InChI is InChI=1S/C80H151N2O7P/c1-7-10-13-16-19-22-25-28-30-32-34-36-38-40-41-43-45-47-49-51-53-55-58-61-64-67-70-73-80(84)89-78(71-68-65-62-59-56-27-24-21-18-15-12-9-3)77(76-88-90(85,86)87-75-74-82(4,5)6)81-79(83)72-69-66-63-60-57-54-52-50-48-46-44-42-39-37-35-33-31-29-26-23-20-17-14-11-8-2/h20,23,28-31,35,37,68,71,77-78H,7-19,21-22,24-27,32-34,36,38-67,69-70,72-76H2,1-6H3,(H-,81,83,85,86)/p+1/b23-20-,30-28+,31-29-,37-35-,71-68+. The molecule has 0 aliphatic heterocycles. The molecule has 0 aliphatic carbocycles. The number of phosphoric ester groups is 1. The van der Waals surface area contributed by atoms with Crippen molar-refractivity contribution in [2.24, 2.45) is 0 Å². The van der Waals surface area contributed by atoms with Gasteiger partial charge in [0.05, 0.1) is 33.8 Å².